The number of hydrogen-bond acceptors (Lipinski definition) is 2. The number of aryl methyl sites for hydroxylation is 1. The van der Waals surface area contributed by atoms with Crippen LogP contribution in [-0.2, 0) is 6.42 Å². The Balaban J connectivity index is 2.02. The van der Waals surface area contributed by atoms with Crippen LogP contribution in [0.1, 0.15) is 35.6 Å². The first-order valence-electron chi connectivity index (χ1n) is 6.03. The summed E-state index contributed by atoms with van der Waals surface area (Å²) in [6.07, 6.45) is 7.26. The van der Waals surface area contributed by atoms with E-state index in [4.69, 9.17) is 4.74 Å². The van der Waals surface area contributed by atoms with E-state index in [0.29, 0.717) is 5.92 Å². The van der Waals surface area contributed by atoms with E-state index < -0.39 is 0 Å². The molecule has 0 saturated carbocycles. The van der Waals surface area contributed by atoms with Crippen LogP contribution in [0.3, 0.4) is 0 Å². The van der Waals surface area contributed by atoms with Crippen molar-refractivity contribution in [1.82, 2.24) is 9.97 Å². The third-order valence-corrected chi connectivity index (χ3v) is 3.56. The Labute approximate surface area is 101 Å². The number of hydrogen-bond donors (Lipinski definition) is 1. The number of H-pyrrole nitrogens is 1. The number of benzene rings is 1. The minimum atomic E-state index is 0.465. The number of nitrogens with zero attached hydrogens (tertiary/aromatic N) is 1. The van der Waals surface area contributed by atoms with Crippen molar-refractivity contribution in [3.63, 3.8) is 0 Å². The van der Waals surface area contributed by atoms with Gasteiger partial charge in [-0.15, -0.1) is 0 Å². The number of fused-ring (bicyclic) bond motifs is 1. The maximum atomic E-state index is 5.29. The van der Waals surface area contributed by atoms with Gasteiger partial charge in [0.1, 0.15) is 5.75 Å². The number of nitrogens with one attached hydrogen (secondary N) is 1. The first-order chi connectivity index (χ1) is 8.38. The summed E-state index contributed by atoms with van der Waals surface area (Å²) in [6.45, 7) is 0. The van der Waals surface area contributed by atoms with Crippen LogP contribution < -0.4 is 4.74 Å². The van der Waals surface area contributed by atoms with Crippen LogP contribution in [0.15, 0.2) is 30.7 Å². The zero-order valence-electron chi connectivity index (χ0n) is 9.94. The third-order valence-electron chi connectivity index (χ3n) is 3.56. The average Bonchev–Trinajstić information content (AvgIpc) is 2.91. The van der Waals surface area contributed by atoms with Crippen LogP contribution in [0.5, 0.6) is 5.75 Å². The number of imidazole rings is 1. The molecule has 1 aromatic heterocycles. The molecule has 1 N–H and O–H groups in total. The van der Waals surface area contributed by atoms with Crippen molar-refractivity contribution in [2.24, 2.45) is 0 Å². The molecule has 17 heavy (non-hydrogen) atoms. The van der Waals surface area contributed by atoms with Gasteiger partial charge >= 0.3 is 0 Å². The van der Waals surface area contributed by atoms with Gasteiger partial charge in [-0.3, -0.25) is 0 Å². The van der Waals surface area contributed by atoms with Crippen molar-refractivity contribution in [2.75, 3.05) is 7.11 Å². The molecule has 0 bridgehead atoms. The summed E-state index contributed by atoms with van der Waals surface area (Å²) >= 11 is 0. The van der Waals surface area contributed by atoms with Crippen LogP contribution in [0.2, 0.25) is 0 Å². The molecule has 88 valence electrons. The van der Waals surface area contributed by atoms with Gasteiger partial charge in [-0.1, -0.05) is 6.07 Å². The van der Waals surface area contributed by atoms with E-state index in [1.807, 2.05) is 12.3 Å². The molecule has 1 atom stereocenters. The maximum absolute atomic E-state index is 5.29. The van der Waals surface area contributed by atoms with Crippen LogP contribution in [-0.4, -0.2) is 17.1 Å². The molecular formula is C14H16N2O. The van der Waals surface area contributed by atoms with Gasteiger partial charge in [-0.05, 0) is 42.5 Å². The molecule has 1 aliphatic rings. The van der Waals surface area contributed by atoms with E-state index >= 15 is 0 Å². The molecule has 0 saturated heterocycles. The van der Waals surface area contributed by atoms with Crippen LogP contribution >= 0.6 is 0 Å². The van der Waals surface area contributed by atoms with Crippen LogP contribution in [0, 0.1) is 0 Å². The number of ether oxygens (including phenoxy) is 1. The summed E-state index contributed by atoms with van der Waals surface area (Å²) in [5.74, 6) is 1.42. The van der Waals surface area contributed by atoms with Gasteiger partial charge in [-0.2, -0.15) is 0 Å². The molecule has 3 rings (SSSR count). The molecule has 0 spiro atoms. The van der Waals surface area contributed by atoms with Gasteiger partial charge in [0.25, 0.3) is 0 Å². The number of aromatic amines is 1. The molecule has 1 heterocycles. The molecule has 0 amide bonds. The minimum absolute atomic E-state index is 0.465. The molecule has 3 heteroatoms. The topological polar surface area (TPSA) is 37.9 Å². The van der Waals surface area contributed by atoms with E-state index in [2.05, 4.69) is 22.1 Å². The van der Waals surface area contributed by atoms with Crippen molar-refractivity contribution in [3.8, 4) is 5.75 Å². The lowest BCUT2D eigenvalue weighted by Crippen LogP contribution is -2.11. The highest BCUT2D eigenvalue weighted by molar-refractivity contribution is 5.42. The Morgan fingerprint density at radius 1 is 1.41 bits per heavy atom. The summed E-state index contributed by atoms with van der Waals surface area (Å²) in [7, 11) is 1.72. The summed E-state index contributed by atoms with van der Waals surface area (Å²) in [5.41, 5.74) is 4.05. The molecule has 0 unspecified atom stereocenters. The Bertz CT molecular complexity index is 505. The molecule has 1 aliphatic carbocycles. The molecule has 0 radical (unpaired) electrons. The van der Waals surface area contributed by atoms with E-state index in [9.17, 15) is 0 Å². The normalized spacial score (nSPS) is 18.8. The Kier molecular flexibility index (Phi) is 2.59. The Morgan fingerprint density at radius 3 is 3.12 bits per heavy atom. The van der Waals surface area contributed by atoms with Crippen LogP contribution in [0.4, 0.5) is 0 Å². The van der Waals surface area contributed by atoms with Gasteiger partial charge in [0.2, 0.25) is 0 Å². The van der Waals surface area contributed by atoms with Crippen molar-refractivity contribution in [3.05, 3.63) is 47.5 Å². The lowest BCUT2D eigenvalue weighted by molar-refractivity contribution is 0.413. The number of aromatic nitrogens is 2. The van der Waals surface area contributed by atoms with Crippen molar-refractivity contribution in [1.29, 1.82) is 0 Å². The van der Waals surface area contributed by atoms with Crippen molar-refractivity contribution >= 4 is 0 Å². The van der Waals surface area contributed by atoms with Crippen LogP contribution in [0.25, 0.3) is 0 Å². The SMILES string of the molecule is COc1ccc2c(c1)CCC[C@@H]2c1cnc[nH]1. The second-order valence-electron chi connectivity index (χ2n) is 4.52. The van der Waals surface area contributed by atoms with Gasteiger partial charge < -0.3 is 9.72 Å². The smallest absolute Gasteiger partial charge is 0.119 e. The lowest BCUT2D eigenvalue weighted by Gasteiger charge is -2.25. The Hall–Kier alpha value is -1.77. The molecular weight excluding hydrogens is 212 g/mol. The minimum Gasteiger partial charge on any atom is -0.497 e. The zero-order chi connectivity index (χ0) is 11.7. The summed E-state index contributed by atoms with van der Waals surface area (Å²) < 4.78 is 5.29. The van der Waals surface area contributed by atoms with E-state index in [1.54, 1.807) is 13.4 Å². The van der Waals surface area contributed by atoms with E-state index in [0.717, 1.165) is 12.2 Å². The second-order valence-corrected chi connectivity index (χ2v) is 4.52. The molecule has 3 nitrogen and oxygen atoms in total. The fourth-order valence-corrected chi connectivity index (χ4v) is 2.70. The summed E-state index contributed by atoms with van der Waals surface area (Å²) in [5, 5.41) is 0. The van der Waals surface area contributed by atoms with Gasteiger partial charge in [0.05, 0.1) is 13.4 Å². The maximum Gasteiger partial charge on any atom is 0.119 e. The monoisotopic (exact) mass is 228 g/mol. The highest BCUT2D eigenvalue weighted by Gasteiger charge is 2.22. The predicted octanol–water partition coefficient (Wildman–Crippen LogP) is 2.89. The van der Waals surface area contributed by atoms with Gasteiger partial charge in [-0.25, -0.2) is 4.98 Å². The number of rotatable bonds is 2. The standard InChI is InChI=1S/C14H16N2O/c1-17-11-5-6-12-10(7-11)3-2-4-13(12)14-8-15-9-16-14/h5-9,13H,2-4H2,1H3,(H,15,16)/t13-/m0/s1. The molecule has 1 aromatic carbocycles. The predicted molar refractivity (Wildman–Crippen MR) is 66.4 cm³/mol. The zero-order valence-corrected chi connectivity index (χ0v) is 9.94. The lowest BCUT2D eigenvalue weighted by atomic mass is 9.81. The molecule has 0 aliphatic heterocycles. The first kappa shape index (κ1) is 10.4. The second kappa shape index (κ2) is 4.24. The highest BCUT2D eigenvalue weighted by atomic mass is 16.5. The van der Waals surface area contributed by atoms with E-state index in [-0.39, 0.29) is 0 Å². The van der Waals surface area contributed by atoms with Crippen molar-refractivity contribution < 1.29 is 4.74 Å². The fraction of sp³-hybridized carbons (Fsp3) is 0.357. The summed E-state index contributed by atoms with van der Waals surface area (Å²) in [6, 6.07) is 6.41. The van der Waals surface area contributed by atoms with Crippen molar-refractivity contribution in [2.45, 2.75) is 25.2 Å². The average molecular weight is 228 g/mol. The largest absolute Gasteiger partial charge is 0.497 e. The number of methoxy groups -OCH3 is 1. The van der Waals surface area contributed by atoms with Gasteiger partial charge in [0, 0.05) is 17.8 Å². The fourth-order valence-electron chi connectivity index (χ4n) is 2.70. The molecule has 0 fully saturated rings. The Morgan fingerprint density at radius 2 is 2.35 bits per heavy atom. The quantitative estimate of drug-likeness (QED) is 0.858. The first-order valence-corrected chi connectivity index (χ1v) is 6.03. The highest BCUT2D eigenvalue weighted by Crippen LogP contribution is 2.37. The van der Waals surface area contributed by atoms with E-state index in [1.165, 1.54) is 29.7 Å². The van der Waals surface area contributed by atoms with Gasteiger partial charge in [0.15, 0.2) is 0 Å². The third kappa shape index (κ3) is 1.82. The molecule has 2 aromatic rings. The summed E-state index contributed by atoms with van der Waals surface area (Å²) in [4.78, 5) is 7.36.